The highest BCUT2D eigenvalue weighted by Crippen LogP contribution is 2.17. The molecule has 88 valence electrons. The molecular weight excluding hydrogens is 226 g/mol. The van der Waals surface area contributed by atoms with E-state index in [4.69, 9.17) is 17.3 Å². The van der Waals surface area contributed by atoms with Crippen molar-refractivity contribution < 1.29 is 4.79 Å². The third-order valence-corrected chi connectivity index (χ3v) is 2.59. The molecular formula is C11H16ClN3O. The largest absolute Gasteiger partial charge is 0.330 e. The minimum absolute atomic E-state index is 0.0825. The Balaban J connectivity index is 2.43. The van der Waals surface area contributed by atoms with Crippen molar-refractivity contribution >= 4 is 23.3 Å². The van der Waals surface area contributed by atoms with Crippen LogP contribution in [-0.2, 0) is 4.79 Å². The van der Waals surface area contributed by atoms with Crippen molar-refractivity contribution in [2.45, 2.75) is 19.8 Å². The minimum Gasteiger partial charge on any atom is -0.330 e. The molecule has 0 aliphatic carbocycles. The fraction of sp³-hybridized carbons (Fsp3) is 0.455. The van der Waals surface area contributed by atoms with E-state index < -0.39 is 0 Å². The van der Waals surface area contributed by atoms with Crippen molar-refractivity contribution in [3.05, 3.63) is 23.4 Å². The van der Waals surface area contributed by atoms with Crippen LogP contribution in [0.2, 0.25) is 5.02 Å². The molecule has 4 nitrogen and oxygen atoms in total. The van der Waals surface area contributed by atoms with Gasteiger partial charge in [-0.15, -0.1) is 0 Å². The topological polar surface area (TPSA) is 68.0 Å². The van der Waals surface area contributed by atoms with E-state index in [0.29, 0.717) is 29.7 Å². The molecule has 1 rings (SSSR count). The average Bonchev–Trinajstić information content (AvgIpc) is 2.29. The summed E-state index contributed by atoms with van der Waals surface area (Å²) in [4.78, 5) is 15.5. The van der Waals surface area contributed by atoms with Crippen molar-refractivity contribution in [2.75, 3.05) is 11.9 Å². The number of hydrogen-bond donors (Lipinski definition) is 2. The molecule has 3 N–H and O–H groups in total. The van der Waals surface area contributed by atoms with Crippen molar-refractivity contribution in [2.24, 2.45) is 11.7 Å². The summed E-state index contributed by atoms with van der Waals surface area (Å²) in [5.74, 6) is 0.681. The molecule has 0 aromatic carbocycles. The van der Waals surface area contributed by atoms with Crippen LogP contribution in [0.15, 0.2) is 18.3 Å². The molecule has 0 aliphatic heterocycles. The molecule has 0 saturated heterocycles. The van der Waals surface area contributed by atoms with Gasteiger partial charge in [-0.1, -0.05) is 18.5 Å². The summed E-state index contributed by atoms with van der Waals surface area (Å²) in [7, 11) is 0. The van der Waals surface area contributed by atoms with Crippen LogP contribution in [0.4, 0.5) is 5.82 Å². The van der Waals surface area contributed by atoms with Gasteiger partial charge in [-0.2, -0.15) is 0 Å². The zero-order valence-electron chi connectivity index (χ0n) is 9.24. The second-order valence-electron chi connectivity index (χ2n) is 3.76. The van der Waals surface area contributed by atoms with Gasteiger partial charge in [0.15, 0.2) is 5.82 Å². The Bertz CT molecular complexity index is 357. The second-order valence-corrected chi connectivity index (χ2v) is 4.17. The minimum atomic E-state index is -0.0825. The van der Waals surface area contributed by atoms with E-state index in [-0.39, 0.29) is 5.91 Å². The quantitative estimate of drug-likeness (QED) is 0.829. The number of nitrogens with one attached hydrogen (secondary N) is 1. The first kappa shape index (κ1) is 12.9. The summed E-state index contributed by atoms with van der Waals surface area (Å²) in [5, 5.41) is 3.11. The van der Waals surface area contributed by atoms with Gasteiger partial charge >= 0.3 is 0 Å². The fourth-order valence-corrected chi connectivity index (χ4v) is 1.34. The third-order valence-electron chi connectivity index (χ3n) is 2.28. The van der Waals surface area contributed by atoms with Crippen LogP contribution in [0.25, 0.3) is 0 Å². The Labute approximate surface area is 100 Å². The Kier molecular flexibility index (Phi) is 5.22. The van der Waals surface area contributed by atoms with Gasteiger partial charge in [-0.25, -0.2) is 4.98 Å². The summed E-state index contributed by atoms with van der Waals surface area (Å²) in [6.45, 7) is 2.61. The highest BCUT2D eigenvalue weighted by atomic mass is 35.5. The molecule has 0 aliphatic rings. The summed E-state index contributed by atoms with van der Waals surface area (Å²) in [6.07, 6.45) is 2.79. The molecule has 5 heteroatoms. The second kappa shape index (κ2) is 6.45. The zero-order valence-corrected chi connectivity index (χ0v) is 10.00. The molecule has 1 aromatic heterocycles. The molecule has 0 saturated carbocycles. The summed E-state index contributed by atoms with van der Waals surface area (Å²) < 4.78 is 0. The number of hydrogen-bond acceptors (Lipinski definition) is 3. The van der Waals surface area contributed by atoms with Gasteiger partial charge in [0.2, 0.25) is 5.91 Å². The highest BCUT2D eigenvalue weighted by molar-refractivity contribution is 6.33. The van der Waals surface area contributed by atoms with Gasteiger partial charge in [-0.3, -0.25) is 4.79 Å². The number of nitrogens with zero attached hydrogens (tertiary/aromatic N) is 1. The Morgan fingerprint density at radius 3 is 3.06 bits per heavy atom. The standard InChI is InChI=1S/C11H16ClN3O/c1-8(7-13)4-5-10(16)15-11-9(12)3-2-6-14-11/h2-3,6,8H,4-5,7,13H2,1H3,(H,14,15,16). The van der Waals surface area contributed by atoms with E-state index in [1.165, 1.54) is 0 Å². The molecule has 1 unspecified atom stereocenters. The number of carbonyl (C=O) groups excluding carboxylic acids is 1. The molecule has 0 fully saturated rings. The number of nitrogens with two attached hydrogens (primary N) is 1. The zero-order chi connectivity index (χ0) is 12.0. The Morgan fingerprint density at radius 2 is 2.44 bits per heavy atom. The van der Waals surface area contributed by atoms with Crippen LogP contribution in [0.1, 0.15) is 19.8 Å². The lowest BCUT2D eigenvalue weighted by Crippen LogP contribution is -2.17. The molecule has 1 amide bonds. The number of rotatable bonds is 5. The fourth-order valence-electron chi connectivity index (χ4n) is 1.17. The maximum absolute atomic E-state index is 11.5. The van der Waals surface area contributed by atoms with E-state index in [0.717, 1.165) is 6.42 Å². The van der Waals surface area contributed by atoms with Gasteiger partial charge in [0.25, 0.3) is 0 Å². The number of aromatic nitrogens is 1. The Hall–Kier alpha value is -1.13. The van der Waals surface area contributed by atoms with Gasteiger partial charge < -0.3 is 11.1 Å². The Morgan fingerprint density at radius 1 is 1.69 bits per heavy atom. The molecule has 0 bridgehead atoms. The van der Waals surface area contributed by atoms with Gasteiger partial charge in [0.05, 0.1) is 5.02 Å². The van der Waals surface area contributed by atoms with Crippen molar-refractivity contribution in [3.63, 3.8) is 0 Å². The van der Waals surface area contributed by atoms with E-state index >= 15 is 0 Å². The molecule has 1 atom stereocenters. The monoisotopic (exact) mass is 241 g/mol. The van der Waals surface area contributed by atoms with Crippen LogP contribution in [-0.4, -0.2) is 17.4 Å². The molecule has 0 radical (unpaired) electrons. The highest BCUT2D eigenvalue weighted by Gasteiger charge is 2.08. The predicted octanol–water partition coefficient (Wildman–Crippen LogP) is 2.05. The third kappa shape index (κ3) is 4.16. The predicted molar refractivity (Wildman–Crippen MR) is 65.3 cm³/mol. The van der Waals surface area contributed by atoms with E-state index in [1.54, 1.807) is 18.3 Å². The molecule has 16 heavy (non-hydrogen) atoms. The first-order valence-corrected chi connectivity index (χ1v) is 5.61. The number of pyridine rings is 1. The average molecular weight is 242 g/mol. The van der Waals surface area contributed by atoms with Crippen LogP contribution in [0.3, 0.4) is 0 Å². The first-order chi connectivity index (χ1) is 7.63. The van der Waals surface area contributed by atoms with Crippen LogP contribution in [0.5, 0.6) is 0 Å². The van der Waals surface area contributed by atoms with E-state index in [9.17, 15) is 4.79 Å². The first-order valence-electron chi connectivity index (χ1n) is 5.24. The normalized spacial score (nSPS) is 12.2. The lowest BCUT2D eigenvalue weighted by atomic mass is 10.1. The summed E-state index contributed by atoms with van der Waals surface area (Å²) in [6, 6.07) is 3.40. The summed E-state index contributed by atoms with van der Waals surface area (Å²) >= 11 is 5.86. The number of halogens is 1. The maximum Gasteiger partial charge on any atom is 0.225 e. The number of carbonyl (C=O) groups is 1. The van der Waals surface area contributed by atoms with Crippen LogP contribution in [0, 0.1) is 5.92 Å². The molecule has 1 aromatic rings. The smallest absolute Gasteiger partial charge is 0.225 e. The van der Waals surface area contributed by atoms with Gasteiger partial charge in [-0.05, 0) is 31.0 Å². The van der Waals surface area contributed by atoms with Crippen LogP contribution >= 0.6 is 11.6 Å². The van der Waals surface area contributed by atoms with Crippen molar-refractivity contribution in [3.8, 4) is 0 Å². The van der Waals surface area contributed by atoms with Crippen LogP contribution < -0.4 is 11.1 Å². The van der Waals surface area contributed by atoms with Gasteiger partial charge in [0, 0.05) is 12.6 Å². The lowest BCUT2D eigenvalue weighted by molar-refractivity contribution is -0.116. The van der Waals surface area contributed by atoms with Crippen molar-refractivity contribution in [1.29, 1.82) is 0 Å². The lowest BCUT2D eigenvalue weighted by Gasteiger charge is -2.08. The number of amides is 1. The SMILES string of the molecule is CC(CN)CCC(=O)Nc1ncccc1Cl. The summed E-state index contributed by atoms with van der Waals surface area (Å²) in [5.41, 5.74) is 5.47. The van der Waals surface area contributed by atoms with E-state index in [1.807, 2.05) is 6.92 Å². The van der Waals surface area contributed by atoms with Crippen molar-refractivity contribution in [1.82, 2.24) is 4.98 Å². The molecule has 1 heterocycles. The molecule has 0 spiro atoms. The maximum atomic E-state index is 11.5. The number of anilines is 1. The van der Waals surface area contributed by atoms with E-state index in [2.05, 4.69) is 10.3 Å². The van der Waals surface area contributed by atoms with Gasteiger partial charge in [0.1, 0.15) is 0 Å².